The molecule has 2 N–H and O–H groups in total. The van der Waals surface area contributed by atoms with Crippen molar-refractivity contribution in [3.05, 3.63) is 45.6 Å². The van der Waals surface area contributed by atoms with E-state index in [9.17, 15) is 0 Å². The number of nitrogens with two attached hydrogens (primary N) is 1. The summed E-state index contributed by atoms with van der Waals surface area (Å²) in [6, 6.07) is 9.89. The molecular weight excluding hydrogens is 214 g/mol. The first-order valence-corrected chi connectivity index (χ1v) is 5.60. The summed E-state index contributed by atoms with van der Waals surface area (Å²) in [5, 5.41) is 2.82. The molecule has 72 valence electrons. The average Bonchev–Trinajstić information content (AvgIpc) is 2.66. The summed E-state index contributed by atoms with van der Waals surface area (Å²) < 4.78 is 0. The smallest absolute Gasteiger partial charge is 0.0484 e. The van der Waals surface area contributed by atoms with E-state index in [0.717, 1.165) is 16.1 Å². The fourth-order valence-electron chi connectivity index (χ4n) is 1.42. The Morgan fingerprint density at radius 3 is 2.64 bits per heavy atom. The van der Waals surface area contributed by atoms with Crippen molar-refractivity contribution < 1.29 is 0 Å². The van der Waals surface area contributed by atoms with Crippen LogP contribution < -0.4 is 5.73 Å². The van der Waals surface area contributed by atoms with Crippen molar-refractivity contribution in [3.8, 4) is 11.1 Å². The van der Waals surface area contributed by atoms with E-state index < -0.39 is 0 Å². The zero-order chi connectivity index (χ0) is 9.97. The average molecular weight is 224 g/mol. The van der Waals surface area contributed by atoms with Gasteiger partial charge in [0.25, 0.3) is 0 Å². The second-order valence-corrected chi connectivity index (χ2v) is 4.35. The molecule has 1 aromatic heterocycles. The quantitative estimate of drug-likeness (QED) is 0.828. The van der Waals surface area contributed by atoms with E-state index >= 15 is 0 Å². The molecule has 0 saturated heterocycles. The molecule has 0 aliphatic rings. The van der Waals surface area contributed by atoms with Crippen LogP contribution >= 0.6 is 22.9 Å². The molecule has 0 aliphatic heterocycles. The highest BCUT2D eigenvalue weighted by Crippen LogP contribution is 2.32. The van der Waals surface area contributed by atoms with Gasteiger partial charge in [-0.3, -0.25) is 0 Å². The Hall–Kier alpha value is -0.830. The minimum absolute atomic E-state index is 0.568. The molecule has 2 aromatic rings. The lowest BCUT2D eigenvalue weighted by Crippen LogP contribution is -1.94. The van der Waals surface area contributed by atoms with Crippen LogP contribution in [-0.4, -0.2) is 0 Å². The van der Waals surface area contributed by atoms with E-state index in [1.54, 1.807) is 11.3 Å². The SMILES string of the molecule is NCc1sccc1-c1ccccc1Cl. The molecule has 3 heteroatoms. The molecule has 0 amide bonds. The van der Waals surface area contributed by atoms with E-state index in [1.165, 1.54) is 4.88 Å². The van der Waals surface area contributed by atoms with Gasteiger partial charge in [0.2, 0.25) is 0 Å². The Labute approximate surface area is 92.1 Å². The second-order valence-electron chi connectivity index (χ2n) is 2.94. The van der Waals surface area contributed by atoms with Crippen molar-refractivity contribution in [2.75, 3.05) is 0 Å². The van der Waals surface area contributed by atoms with Crippen LogP contribution in [0.2, 0.25) is 5.02 Å². The second kappa shape index (κ2) is 4.13. The number of thiophene rings is 1. The van der Waals surface area contributed by atoms with Crippen LogP contribution in [0.25, 0.3) is 11.1 Å². The highest BCUT2D eigenvalue weighted by Gasteiger charge is 2.07. The fraction of sp³-hybridized carbons (Fsp3) is 0.0909. The molecule has 0 spiro atoms. The van der Waals surface area contributed by atoms with Crippen LogP contribution in [0.4, 0.5) is 0 Å². The molecule has 0 bridgehead atoms. The molecule has 1 heterocycles. The van der Waals surface area contributed by atoms with Gasteiger partial charge in [-0.1, -0.05) is 29.8 Å². The number of benzene rings is 1. The van der Waals surface area contributed by atoms with Crippen LogP contribution in [0.15, 0.2) is 35.7 Å². The summed E-state index contributed by atoms with van der Waals surface area (Å²) in [6.07, 6.45) is 0. The number of rotatable bonds is 2. The van der Waals surface area contributed by atoms with Crippen molar-refractivity contribution in [1.29, 1.82) is 0 Å². The van der Waals surface area contributed by atoms with Crippen LogP contribution in [0.1, 0.15) is 4.88 Å². The van der Waals surface area contributed by atoms with Gasteiger partial charge < -0.3 is 5.73 Å². The van der Waals surface area contributed by atoms with Crippen molar-refractivity contribution in [1.82, 2.24) is 0 Å². The molecule has 1 aromatic carbocycles. The Balaban J connectivity index is 2.54. The predicted octanol–water partition coefficient (Wildman–Crippen LogP) is 3.53. The Kier molecular flexibility index (Phi) is 2.87. The van der Waals surface area contributed by atoms with E-state index in [-0.39, 0.29) is 0 Å². The lowest BCUT2D eigenvalue weighted by Gasteiger charge is -2.03. The molecule has 0 radical (unpaired) electrons. The lowest BCUT2D eigenvalue weighted by atomic mass is 10.1. The lowest BCUT2D eigenvalue weighted by molar-refractivity contribution is 1.11. The highest BCUT2D eigenvalue weighted by atomic mass is 35.5. The normalized spacial score (nSPS) is 10.4. The largest absolute Gasteiger partial charge is 0.326 e. The van der Waals surface area contributed by atoms with Gasteiger partial charge in [-0.2, -0.15) is 0 Å². The van der Waals surface area contributed by atoms with Crippen LogP contribution in [0, 0.1) is 0 Å². The number of hydrogen-bond donors (Lipinski definition) is 1. The van der Waals surface area contributed by atoms with Crippen LogP contribution in [0.3, 0.4) is 0 Å². The molecule has 1 nitrogen and oxygen atoms in total. The van der Waals surface area contributed by atoms with E-state index in [0.29, 0.717) is 6.54 Å². The molecular formula is C11H10ClNS. The minimum Gasteiger partial charge on any atom is -0.326 e. The highest BCUT2D eigenvalue weighted by molar-refractivity contribution is 7.10. The van der Waals surface area contributed by atoms with Gasteiger partial charge in [-0.25, -0.2) is 0 Å². The Morgan fingerprint density at radius 2 is 1.93 bits per heavy atom. The molecule has 0 aliphatic carbocycles. The summed E-state index contributed by atoms with van der Waals surface area (Å²) in [5.41, 5.74) is 7.87. The first-order chi connectivity index (χ1) is 6.83. The maximum atomic E-state index is 6.11. The predicted molar refractivity (Wildman–Crippen MR) is 62.7 cm³/mol. The topological polar surface area (TPSA) is 26.0 Å². The summed E-state index contributed by atoms with van der Waals surface area (Å²) in [6.45, 7) is 0.568. The van der Waals surface area contributed by atoms with Gasteiger partial charge in [0.15, 0.2) is 0 Å². The molecule has 14 heavy (non-hydrogen) atoms. The maximum absolute atomic E-state index is 6.11. The number of hydrogen-bond acceptors (Lipinski definition) is 2. The van der Waals surface area contributed by atoms with Gasteiger partial charge in [-0.05, 0) is 23.1 Å². The van der Waals surface area contributed by atoms with Crippen LogP contribution in [-0.2, 0) is 6.54 Å². The summed E-state index contributed by atoms with van der Waals surface area (Å²) in [4.78, 5) is 1.18. The third-order valence-corrected chi connectivity index (χ3v) is 3.37. The molecule has 0 saturated carbocycles. The third kappa shape index (κ3) is 1.69. The van der Waals surface area contributed by atoms with E-state index in [1.807, 2.05) is 29.6 Å². The van der Waals surface area contributed by atoms with Gasteiger partial charge in [0, 0.05) is 22.0 Å². The first-order valence-electron chi connectivity index (χ1n) is 4.34. The van der Waals surface area contributed by atoms with Gasteiger partial charge in [0.1, 0.15) is 0 Å². The standard InChI is InChI=1S/C11H10ClNS/c12-10-4-2-1-3-8(10)9-5-6-14-11(9)7-13/h1-6H,7,13H2. The Bertz CT molecular complexity index is 436. The minimum atomic E-state index is 0.568. The van der Waals surface area contributed by atoms with Crippen molar-refractivity contribution in [2.24, 2.45) is 5.73 Å². The monoisotopic (exact) mass is 223 g/mol. The van der Waals surface area contributed by atoms with Crippen LogP contribution in [0.5, 0.6) is 0 Å². The maximum Gasteiger partial charge on any atom is 0.0484 e. The summed E-state index contributed by atoms with van der Waals surface area (Å²) >= 11 is 7.78. The van der Waals surface area contributed by atoms with E-state index in [2.05, 4.69) is 6.07 Å². The zero-order valence-electron chi connectivity index (χ0n) is 7.53. The molecule has 2 rings (SSSR count). The van der Waals surface area contributed by atoms with Crippen molar-refractivity contribution >= 4 is 22.9 Å². The molecule has 0 atom stereocenters. The first kappa shape index (κ1) is 9.71. The van der Waals surface area contributed by atoms with Gasteiger partial charge in [0.05, 0.1) is 0 Å². The summed E-state index contributed by atoms with van der Waals surface area (Å²) in [5.74, 6) is 0. The van der Waals surface area contributed by atoms with Crippen molar-refractivity contribution in [2.45, 2.75) is 6.54 Å². The van der Waals surface area contributed by atoms with Gasteiger partial charge in [-0.15, -0.1) is 11.3 Å². The van der Waals surface area contributed by atoms with E-state index in [4.69, 9.17) is 17.3 Å². The zero-order valence-corrected chi connectivity index (χ0v) is 9.11. The van der Waals surface area contributed by atoms with Crippen molar-refractivity contribution in [3.63, 3.8) is 0 Å². The number of halogens is 1. The summed E-state index contributed by atoms with van der Waals surface area (Å²) in [7, 11) is 0. The fourth-order valence-corrected chi connectivity index (χ4v) is 2.43. The Morgan fingerprint density at radius 1 is 1.14 bits per heavy atom. The molecule has 0 unspecified atom stereocenters. The molecule has 0 fully saturated rings. The van der Waals surface area contributed by atoms with Gasteiger partial charge >= 0.3 is 0 Å². The third-order valence-electron chi connectivity index (χ3n) is 2.09.